The Kier molecular flexibility index (Phi) is 6.76. The zero-order chi connectivity index (χ0) is 27.1. The van der Waals surface area contributed by atoms with Gasteiger partial charge in [0.1, 0.15) is 17.2 Å². The molecule has 6 rings (SSSR count). The van der Waals surface area contributed by atoms with Gasteiger partial charge in [0.05, 0.1) is 42.6 Å². The van der Waals surface area contributed by atoms with E-state index in [1.807, 2.05) is 28.6 Å². The molecule has 5 aromatic heterocycles. The summed E-state index contributed by atoms with van der Waals surface area (Å²) in [6.07, 6.45) is 9.97. The minimum absolute atomic E-state index is 0.112. The standard InChI is InChI=1S/C28H32FN9O/c1-5-37-26(18-9-20(29)11-30-10-18)36-25-28(37)32-13-22(34-25)17(4)8-19-15-39-7-6-24(19)38-27-23(14-33-38)31-12-21(35-27)16(2)3/h9-14,16-17,19,24H,5-8,15H2,1-4H3. The number of aromatic nitrogens is 9. The second-order valence-electron chi connectivity index (χ2n) is 10.6. The number of aryl methyl sites for hydroxylation is 1. The predicted molar refractivity (Wildman–Crippen MR) is 145 cm³/mol. The number of rotatable bonds is 7. The van der Waals surface area contributed by atoms with E-state index in [1.165, 1.54) is 12.3 Å². The molecule has 0 amide bonds. The van der Waals surface area contributed by atoms with E-state index in [9.17, 15) is 4.39 Å². The van der Waals surface area contributed by atoms with E-state index in [2.05, 4.69) is 30.7 Å². The Morgan fingerprint density at radius 3 is 2.64 bits per heavy atom. The lowest BCUT2D eigenvalue weighted by atomic mass is 9.86. The average molecular weight is 530 g/mol. The van der Waals surface area contributed by atoms with E-state index in [-0.39, 0.29) is 23.8 Å². The Morgan fingerprint density at radius 2 is 1.85 bits per heavy atom. The van der Waals surface area contributed by atoms with Gasteiger partial charge in [-0.25, -0.2) is 34.0 Å². The highest BCUT2D eigenvalue weighted by Gasteiger charge is 2.32. The van der Waals surface area contributed by atoms with E-state index >= 15 is 0 Å². The van der Waals surface area contributed by atoms with Crippen molar-refractivity contribution in [3.8, 4) is 11.4 Å². The zero-order valence-corrected chi connectivity index (χ0v) is 22.6. The first-order valence-electron chi connectivity index (χ1n) is 13.5. The molecule has 0 aromatic carbocycles. The lowest BCUT2D eigenvalue weighted by molar-refractivity contribution is 0.0131. The van der Waals surface area contributed by atoms with E-state index in [1.54, 1.807) is 12.4 Å². The number of hydrogen-bond acceptors (Lipinski definition) is 8. The van der Waals surface area contributed by atoms with Crippen molar-refractivity contribution in [2.24, 2.45) is 5.92 Å². The molecule has 5 aromatic rings. The molecule has 0 radical (unpaired) electrons. The molecule has 3 atom stereocenters. The quantitative estimate of drug-likeness (QED) is 0.287. The zero-order valence-electron chi connectivity index (χ0n) is 22.6. The summed E-state index contributed by atoms with van der Waals surface area (Å²) < 4.78 is 23.8. The number of ether oxygens (including phenoxy) is 1. The third-order valence-electron chi connectivity index (χ3n) is 7.58. The first-order chi connectivity index (χ1) is 18.9. The summed E-state index contributed by atoms with van der Waals surface area (Å²) in [6.45, 7) is 10.4. The van der Waals surface area contributed by atoms with Crippen molar-refractivity contribution in [3.05, 3.63) is 54.3 Å². The monoisotopic (exact) mass is 529 g/mol. The summed E-state index contributed by atoms with van der Waals surface area (Å²) in [5, 5.41) is 4.71. The van der Waals surface area contributed by atoms with Crippen LogP contribution in [-0.2, 0) is 11.3 Å². The second kappa shape index (κ2) is 10.4. The number of imidazole rings is 1. The van der Waals surface area contributed by atoms with Crippen LogP contribution in [0.3, 0.4) is 0 Å². The summed E-state index contributed by atoms with van der Waals surface area (Å²) >= 11 is 0. The van der Waals surface area contributed by atoms with Gasteiger partial charge in [0.25, 0.3) is 0 Å². The first-order valence-corrected chi connectivity index (χ1v) is 13.5. The lowest BCUT2D eigenvalue weighted by Crippen LogP contribution is -2.31. The molecule has 39 heavy (non-hydrogen) atoms. The number of hydrogen-bond donors (Lipinski definition) is 0. The third-order valence-corrected chi connectivity index (χ3v) is 7.58. The summed E-state index contributed by atoms with van der Waals surface area (Å²) in [6, 6.07) is 1.58. The SMILES string of the molecule is CCn1c(-c2cncc(F)c2)nc2nc(C(C)CC3COCCC3n3ncc4ncc(C(C)C)nc43)cnc21. The molecule has 1 aliphatic rings. The minimum Gasteiger partial charge on any atom is -0.381 e. The van der Waals surface area contributed by atoms with Gasteiger partial charge in [-0.05, 0) is 31.7 Å². The Hall–Kier alpha value is -3.86. The minimum atomic E-state index is -0.405. The van der Waals surface area contributed by atoms with Gasteiger partial charge in [-0.2, -0.15) is 5.10 Å². The van der Waals surface area contributed by atoms with E-state index in [0.29, 0.717) is 42.4 Å². The molecular formula is C28H32FN9O. The van der Waals surface area contributed by atoms with Crippen LogP contribution in [0.1, 0.15) is 69.8 Å². The van der Waals surface area contributed by atoms with Crippen molar-refractivity contribution >= 4 is 22.5 Å². The van der Waals surface area contributed by atoms with Crippen molar-refractivity contribution in [1.29, 1.82) is 0 Å². The molecule has 202 valence electrons. The van der Waals surface area contributed by atoms with Crippen LogP contribution in [0.5, 0.6) is 0 Å². The fraction of sp³-hybridized carbons (Fsp3) is 0.464. The fourth-order valence-electron chi connectivity index (χ4n) is 5.47. The Labute approximate surface area is 225 Å². The van der Waals surface area contributed by atoms with Gasteiger partial charge < -0.3 is 9.30 Å². The van der Waals surface area contributed by atoms with Crippen LogP contribution >= 0.6 is 0 Å². The van der Waals surface area contributed by atoms with Crippen molar-refractivity contribution in [2.75, 3.05) is 13.2 Å². The molecule has 0 spiro atoms. The van der Waals surface area contributed by atoms with Gasteiger partial charge >= 0.3 is 0 Å². The highest BCUT2D eigenvalue weighted by atomic mass is 19.1. The van der Waals surface area contributed by atoms with Crippen molar-refractivity contribution < 1.29 is 9.13 Å². The largest absolute Gasteiger partial charge is 0.381 e. The highest BCUT2D eigenvalue weighted by molar-refractivity contribution is 5.73. The molecule has 0 aliphatic carbocycles. The van der Waals surface area contributed by atoms with Gasteiger partial charge in [0.2, 0.25) is 0 Å². The smallest absolute Gasteiger partial charge is 0.198 e. The van der Waals surface area contributed by atoms with E-state index < -0.39 is 5.82 Å². The van der Waals surface area contributed by atoms with Crippen LogP contribution in [0, 0.1) is 11.7 Å². The topological polar surface area (TPSA) is 109 Å². The normalized spacial score (nSPS) is 18.8. The van der Waals surface area contributed by atoms with Crippen molar-refractivity contribution in [3.63, 3.8) is 0 Å². The molecule has 11 heteroatoms. The number of pyridine rings is 1. The molecule has 0 saturated carbocycles. The van der Waals surface area contributed by atoms with Gasteiger partial charge in [0, 0.05) is 42.9 Å². The Morgan fingerprint density at radius 1 is 1.00 bits per heavy atom. The fourth-order valence-corrected chi connectivity index (χ4v) is 5.47. The van der Waals surface area contributed by atoms with E-state index in [0.717, 1.165) is 35.4 Å². The van der Waals surface area contributed by atoms with Gasteiger partial charge in [-0.15, -0.1) is 0 Å². The maximum atomic E-state index is 13.9. The van der Waals surface area contributed by atoms with Crippen molar-refractivity contribution in [1.82, 2.24) is 44.3 Å². The first kappa shape index (κ1) is 25.4. The molecule has 0 N–H and O–H groups in total. The Bertz CT molecular complexity index is 1630. The van der Waals surface area contributed by atoms with Crippen LogP contribution in [0.25, 0.3) is 33.8 Å². The molecule has 10 nitrogen and oxygen atoms in total. The van der Waals surface area contributed by atoms with Crippen LogP contribution in [0.2, 0.25) is 0 Å². The number of fused-ring (bicyclic) bond motifs is 2. The maximum Gasteiger partial charge on any atom is 0.198 e. The molecular weight excluding hydrogens is 497 g/mol. The van der Waals surface area contributed by atoms with Crippen LogP contribution in [-0.4, -0.2) is 57.5 Å². The Balaban J connectivity index is 1.29. The summed E-state index contributed by atoms with van der Waals surface area (Å²) in [5.74, 6) is 0.830. The van der Waals surface area contributed by atoms with Gasteiger partial charge in [-0.1, -0.05) is 20.8 Å². The van der Waals surface area contributed by atoms with E-state index in [4.69, 9.17) is 29.8 Å². The van der Waals surface area contributed by atoms with Crippen molar-refractivity contribution in [2.45, 2.75) is 65.0 Å². The molecule has 1 aliphatic heterocycles. The van der Waals surface area contributed by atoms with Crippen LogP contribution < -0.4 is 0 Å². The van der Waals surface area contributed by atoms with Gasteiger partial charge in [-0.3, -0.25) is 4.98 Å². The lowest BCUT2D eigenvalue weighted by Gasteiger charge is -2.33. The molecule has 6 heterocycles. The highest BCUT2D eigenvalue weighted by Crippen LogP contribution is 2.36. The predicted octanol–water partition coefficient (Wildman–Crippen LogP) is 5.08. The van der Waals surface area contributed by atoms with Crippen LogP contribution in [0.4, 0.5) is 4.39 Å². The third kappa shape index (κ3) is 4.75. The average Bonchev–Trinajstić information content (AvgIpc) is 3.53. The second-order valence-corrected chi connectivity index (χ2v) is 10.6. The molecule has 1 fully saturated rings. The summed E-state index contributed by atoms with van der Waals surface area (Å²) in [7, 11) is 0. The molecule has 3 unspecified atom stereocenters. The molecule has 0 bridgehead atoms. The summed E-state index contributed by atoms with van der Waals surface area (Å²) in [4.78, 5) is 27.8. The van der Waals surface area contributed by atoms with Crippen LogP contribution in [0.15, 0.2) is 37.1 Å². The van der Waals surface area contributed by atoms with Gasteiger partial charge in [0.15, 0.2) is 16.9 Å². The number of halogens is 1. The molecule has 1 saturated heterocycles. The maximum absolute atomic E-state index is 13.9. The summed E-state index contributed by atoms with van der Waals surface area (Å²) in [5.41, 5.74) is 5.29. The number of nitrogens with zero attached hydrogens (tertiary/aromatic N) is 9.